The number of hydrogen-bond acceptors (Lipinski definition) is 4. The van der Waals surface area contributed by atoms with Crippen LogP contribution in [0, 0.1) is 0 Å². The van der Waals surface area contributed by atoms with Gasteiger partial charge in [0.05, 0.1) is 30.6 Å². The van der Waals surface area contributed by atoms with Gasteiger partial charge >= 0.3 is 5.97 Å². The zero-order valence-electron chi connectivity index (χ0n) is 13.2. The zero-order chi connectivity index (χ0) is 15.8. The Balaban J connectivity index is 2.67. The highest BCUT2D eigenvalue weighted by atomic mass is 79.9. The van der Waals surface area contributed by atoms with Gasteiger partial charge in [0, 0.05) is 22.6 Å². The van der Waals surface area contributed by atoms with E-state index in [0.717, 1.165) is 22.3 Å². The molecule has 1 aromatic carbocycles. The average molecular weight is 356 g/mol. The van der Waals surface area contributed by atoms with E-state index in [9.17, 15) is 4.79 Å². The number of carbonyl (C=O) groups excluding carboxylic acids is 1. The van der Waals surface area contributed by atoms with Crippen LogP contribution in [-0.4, -0.2) is 32.3 Å². The molecule has 116 valence electrons. The maximum atomic E-state index is 11.9. The molecule has 0 spiro atoms. The Morgan fingerprint density at radius 2 is 2.10 bits per heavy atom. The van der Waals surface area contributed by atoms with Gasteiger partial charge in [-0.3, -0.25) is 0 Å². The zero-order valence-corrected chi connectivity index (χ0v) is 14.8. The second kappa shape index (κ2) is 5.97. The topological polar surface area (TPSA) is 38.8 Å². The molecule has 0 unspecified atom stereocenters. The molecular formula is C16H22BrNO3. The summed E-state index contributed by atoms with van der Waals surface area (Å²) in [4.78, 5) is 14.2. The van der Waals surface area contributed by atoms with Gasteiger partial charge in [-0.1, -0.05) is 0 Å². The summed E-state index contributed by atoms with van der Waals surface area (Å²) < 4.78 is 11.7. The van der Waals surface area contributed by atoms with Crippen molar-refractivity contribution in [3.63, 3.8) is 0 Å². The molecule has 0 atom stereocenters. The van der Waals surface area contributed by atoms with Crippen LogP contribution in [0.4, 0.5) is 5.69 Å². The van der Waals surface area contributed by atoms with Crippen LogP contribution < -0.4 is 4.90 Å². The third kappa shape index (κ3) is 3.09. The Hall–Kier alpha value is -1.07. The number of rotatable bonds is 2. The van der Waals surface area contributed by atoms with Gasteiger partial charge < -0.3 is 14.4 Å². The lowest BCUT2D eigenvalue weighted by molar-refractivity contribution is -0.0133. The van der Waals surface area contributed by atoms with Gasteiger partial charge in [0.2, 0.25) is 0 Å². The maximum absolute atomic E-state index is 11.9. The van der Waals surface area contributed by atoms with E-state index in [1.54, 1.807) is 0 Å². The summed E-state index contributed by atoms with van der Waals surface area (Å²) in [7, 11) is 1.39. The first-order chi connectivity index (χ1) is 9.77. The number of fused-ring (bicyclic) bond motifs is 1. The van der Waals surface area contributed by atoms with E-state index in [4.69, 9.17) is 9.47 Å². The van der Waals surface area contributed by atoms with Gasteiger partial charge in [0.25, 0.3) is 0 Å². The molecule has 0 aliphatic carbocycles. The third-order valence-electron chi connectivity index (χ3n) is 3.84. The quantitative estimate of drug-likeness (QED) is 0.758. The molecule has 0 fully saturated rings. The van der Waals surface area contributed by atoms with Crippen LogP contribution in [0.25, 0.3) is 0 Å². The minimum atomic E-state index is -0.453. The average Bonchev–Trinajstić information content (AvgIpc) is 2.55. The Morgan fingerprint density at radius 1 is 1.43 bits per heavy atom. The van der Waals surface area contributed by atoms with Crippen molar-refractivity contribution < 1.29 is 14.3 Å². The Morgan fingerprint density at radius 3 is 2.67 bits per heavy atom. The minimum absolute atomic E-state index is 0.338. The molecule has 0 saturated carbocycles. The highest BCUT2D eigenvalue weighted by molar-refractivity contribution is 9.10. The molecule has 1 aliphatic rings. The number of ether oxygens (including phenoxy) is 2. The largest absolute Gasteiger partial charge is 0.465 e. The normalized spacial score (nSPS) is 17.4. The molecule has 5 heteroatoms. The standard InChI is InChI=1S/C16H22BrNO3/c1-10(2)18-6-7-21-16(3,4)12-8-11(15(19)20-5)9-13(17)14(12)18/h8-10H,6-7H2,1-5H3. The van der Waals surface area contributed by atoms with Gasteiger partial charge in [-0.2, -0.15) is 0 Å². The van der Waals surface area contributed by atoms with Crippen molar-refractivity contribution in [1.82, 2.24) is 0 Å². The fraction of sp³-hybridized carbons (Fsp3) is 0.562. The van der Waals surface area contributed by atoms with Crippen molar-refractivity contribution in [3.05, 3.63) is 27.7 Å². The highest BCUT2D eigenvalue weighted by Gasteiger charge is 2.33. The number of methoxy groups -OCH3 is 1. The molecule has 0 bridgehead atoms. The molecule has 2 rings (SSSR count). The summed E-state index contributed by atoms with van der Waals surface area (Å²) >= 11 is 3.62. The number of benzene rings is 1. The van der Waals surface area contributed by atoms with E-state index in [0.29, 0.717) is 18.2 Å². The molecule has 0 amide bonds. The van der Waals surface area contributed by atoms with Crippen LogP contribution in [0.3, 0.4) is 0 Å². The molecule has 1 aliphatic heterocycles. The van der Waals surface area contributed by atoms with Gasteiger partial charge in [-0.15, -0.1) is 0 Å². The third-order valence-corrected chi connectivity index (χ3v) is 4.44. The second-order valence-corrected chi connectivity index (χ2v) is 6.85. The SMILES string of the molecule is COC(=O)c1cc(Br)c2c(c1)C(C)(C)OCCN2C(C)C. The summed E-state index contributed by atoms with van der Waals surface area (Å²) in [6, 6.07) is 4.05. The van der Waals surface area contributed by atoms with Crippen molar-refractivity contribution in [2.45, 2.75) is 39.3 Å². The van der Waals surface area contributed by atoms with Crippen LogP contribution in [0.15, 0.2) is 16.6 Å². The molecule has 21 heavy (non-hydrogen) atoms. The fourth-order valence-corrected chi connectivity index (χ4v) is 3.38. The second-order valence-electron chi connectivity index (χ2n) is 5.99. The lowest BCUT2D eigenvalue weighted by atomic mass is 9.93. The molecule has 0 N–H and O–H groups in total. The summed E-state index contributed by atoms with van der Waals surface area (Å²) in [5.74, 6) is -0.338. The van der Waals surface area contributed by atoms with E-state index in [1.165, 1.54) is 7.11 Å². The van der Waals surface area contributed by atoms with Crippen LogP contribution in [-0.2, 0) is 15.1 Å². The molecule has 1 heterocycles. The number of esters is 1. The van der Waals surface area contributed by atoms with Crippen LogP contribution in [0.1, 0.15) is 43.6 Å². The minimum Gasteiger partial charge on any atom is -0.465 e. The monoisotopic (exact) mass is 355 g/mol. The van der Waals surface area contributed by atoms with Crippen LogP contribution >= 0.6 is 15.9 Å². The number of nitrogens with zero attached hydrogens (tertiary/aromatic N) is 1. The molecular weight excluding hydrogens is 334 g/mol. The van der Waals surface area contributed by atoms with Crippen molar-refractivity contribution in [2.75, 3.05) is 25.2 Å². The van der Waals surface area contributed by atoms with Gasteiger partial charge in [0.15, 0.2) is 0 Å². The predicted molar refractivity (Wildman–Crippen MR) is 86.9 cm³/mol. The first-order valence-electron chi connectivity index (χ1n) is 7.11. The Kier molecular flexibility index (Phi) is 4.63. The first kappa shape index (κ1) is 16.3. The molecule has 0 radical (unpaired) electrons. The number of carbonyl (C=O) groups is 1. The Labute approximate surface area is 134 Å². The summed E-state index contributed by atoms with van der Waals surface area (Å²) in [6.07, 6.45) is 0. The number of hydrogen-bond donors (Lipinski definition) is 0. The van der Waals surface area contributed by atoms with E-state index >= 15 is 0 Å². The number of halogens is 1. The Bertz CT molecular complexity index is 555. The summed E-state index contributed by atoms with van der Waals surface area (Å²) in [5, 5.41) is 0. The highest BCUT2D eigenvalue weighted by Crippen LogP contribution is 2.42. The van der Waals surface area contributed by atoms with E-state index in [-0.39, 0.29) is 5.97 Å². The molecule has 1 aromatic rings. The fourth-order valence-electron chi connectivity index (χ4n) is 2.69. The van der Waals surface area contributed by atoms with E-state index < -0.39 is 5.60 Å². The molecule has 0 aromatic heterocycles. The maximum Gasteiger partial charge on any atom is 0.337 e. The van der Waals surface area contributed by atoms with E-state index in [1.807, 2.05) is 26.0 Å². The lowest BCUT2D eigenvalue weighted by Gasteiger charge is -2.31. The van der Waals surface area contributed by atoms with E-state index in [2.05, 4.69) is 34.7 Å². The van der Waals surface area contributed by atoms with Crippen LogP contribution in [0.5, 0.6) is 0 Å². The van der Waals surface area contributed by atoms with Gasteiger partial charge in [-0.05, 0) is 55.8 Å². The van der Waals surface area contributed by atoms with Crippen LogP contribution in [0.2, 0.25) is 0 Å². The first-order valence-corrected chi connectivity index (χ1v) is 7.90. The smallest absolute Gasteiger partial charge is 0.337 e. The molecule has 0 saturated heterocycles. The predicted octanol–water partition coefficient (Wildman–Crippen LogP) is 3.72. The number of anilines is 1. The van der Waals surface area contributed by atoms with Crippen molar-refractivity contribution >= 4 is 27.6 Å². The summed E-state index contributed by atoms with van der Waals surface area (Å²) in [6.45, 7) is 9.85. The van der Waals surface area contributed by atoms with Crippen molar-refractivity contribution in [2.24, 2.45) is 0 Å². The van der Waals surface area contributed by atoms with Gasteiger partial charge in [-0.25, -0.2) is 4.79 Å². The lowest BCUT2D eigenvalue weighted by Crippen LogP contribution is -2.33. The van der Waals surface area contributed by atoms with Gasteiger partial charge in [0.1, 0.15) is 0 Å². The molecule has 4 nitrogen and oxygen atoms in total. The van der Waals surface area contributed by atoms with Crippen molar-refractivity contribution in [3.8, 4) is 0 Å². The summed E-state index contributed by atoms with van der Waals surface area (Å²) in [5.41, 5.74) is 2.18. The van der Waals surface area contributed by atoms with Crippen molar-refractivity contribution in [1.29, 1.82) is 0 Å².